The first-order valence-corrected chi connectivity index (χ1v) is 11.4. The Labute approximate surface area is 190 Å². The molecule has 1 heterocycles. The van der Waals surface area contributed by atoms with Crippen LogP contribution in [0, 0.1) is 0 Å². The van der Waals surface area contributed by atoms with E-state index >= 15 is 0 Å². The summed E-state index contributed by atoms with van der Waals surface area (Å²) < 4.78 is 0. The van der Waals surface area contributed by atoms with Gasteiger partial charge >= 0.3 is 0 Å². The Morgan fingerprint density at radius 1 is 1.16 bits per heavy atom. The predicted molar refractivity (Wildman–Crippen MR) is 129 cm³/mol. The molecule has 1 aliphatic heterocycles. The lowest BCUT2D eigenvalue weighted by Gasteiger charge is -2.30. The molecule has 2 aromatic carbocycles. The van der Waals surface area contributed by atoms with Crippen molar-refractivity contribution in [3.8, 4) is 0 Å². The van der Waals surface area contributed by atoms with Crippen molar-refractivity contribution in [1.82, 2.24) is 20.9 Å². The van der Waals surface area contributed by atoms with E-state index < -0.39 is 6.10 Å². The van der Waals surface area contributed by atoms with Crippen molar-refractivity contribution in [3.63, 3.8) is 0 Å². The lowest BCUT2D eigenvalue weighted by atomic mass is 10.00. The summed E-state index contributed by atoms with van der Waals surface area (Å²) in [5, 5.41) is 19.7. The number of nitrogens with zero attached hydrogens (tertiary/aromatic N) is 2. The van der Waals surface area contributed by atoms with Crippen LogP contribution in [0.25, 0.3) is 0 Å². The van der Waals surface area contributed by atoms with E-state index in [0.29, 0.717) is 31.2 Å². The highest BCUT2D eigenvalue weighted by atomic mass is 16.3. The minimum absolute atomic E-state index is 0.0825. The van der Waals surface area contributed by atoms with Gasteiger partial charge in [0.2, 0.25) is 0 Å². The minimum Gasteiger partial charge on any atom is -0.390 e. The topological polar surface area (TPSA) is 89.0 Å². The summed E-state index contributed by atoms with van der Waals surface area (Å²) in [6.07, 6.45) is 1.28. The van der Waals surface area contributed by atoms with Crippen LogP contribution in [0.2, 0.25) is 0 Å². The lowest BCUT2D eigenvalue weighted by molar-refractivity contribution is 0.0963. The van der Waals surface area contributed by atoms with Gasteiger partial charge in [0.25, 0.3) is 5.91 Å². The monoisotopic (exact) mass is 437 g/mol. The number of β-amino-alcohol motifs (C(OH)–C–C–N with tert-alkyl or cyclic N) is 1. The highest BCUT2D eigenvalue weighted by Gasteiger charge is 2.18. The molecule has 0 spiro atoms. The molecule has 32 heavy (non-hydrogen) atoms. The zero-order chi connectivity index (χ0) is 22.8. The highest BCUT2D eigenvalue weighted by Crippen LogP contribution is 2.18. The first-order chi connectivity index (χ1) is 15.6. The number of aliphatic hydroxyl groups excluding tert-OH is 1. The number of guanidine groups is 1. The molecule has 1 aliphatic rings. The molecule has 0 bridgehead atoms. The SMILES string of the molecule is CCNC(=NCC(O)CN1CCc2ccccc2C1)NCCc1cccc(C(=O)NC)c1. The van der Waals surface area contributed by atoms with E-state index in [4.69, 9.17) is 0 Å². The van der Waals surface area contributed by atoms with Crippen molar-refractivity contribution in [1.29, 1.82) is 0 Å². The first-order valence-electron chi connectivity index (χ1n) is 11.4. The number of nitrogens with one attached hydrogen (secondary N) is 3. The number of hydrogen-bond donors (Lipinski definition) is 4. The number of fused-ring (bicyclic) bond motifs is 1. The van der Waals surface area contributed by atoms with Crippen molar-refractivity contribution >= 4 is 11.9 Å². The predicted octanol–water partition coefficient (Wildman–Crippen LogP) is 1.56. The molecule has 2 aromatic rings. The normalized spacial score (nSPS) is 15.0. The molecular formula is C25H35N5O2. The number of aliphatic hydroxyl groups is 1. The van der Waals surface area contributed by atoms with Crippen LogP contribution < -0.4 is 16.0 Å². The fourth-order valence-electron chi connectivity index (χ4n) is 3.94. The fraction of sp³-hybridized carbons (Fsp3) is 0.440. The number of aliphatic imine (C=N–C) groups is 1. The number of carbonyl (C=O) groups excluding carboxylic acids is 1. The molecule has 0 aromatic heterocycles. The average Bonchev–Trinajstić information content (AvgIpc) is 2.82. The molecule has 7 nitrogen and oxygen atoms in total. The van der Waals surface area contributed by atoms with E-state index in [9.17, 15) is 9.90 Å². The van der Waals surface area contributed by atoms with Crippen LogP contribution >= 0.6 is 0 Å². The Morgan fingerprint density at radius 2 is 1.97 bits per heavy atom. The molecule has 1 amide bonds. The molecule has 1 unspecified atom stereocenters. The fourth-order valence-corrected chi connectivity index (χ4v) is 3.94. The van der Waals surface area contributed by atoms with E-state index in [0.717, 1.165) is 38.0 Å². The third-order valence-corrected chi connectivity index (χ3v) is 5.61. The van der Waals surface area contributed by atoms with Crippen LogP contribution in [0.5, 0.6) is 0 Å². The van der Waals surface area contributed by atoms with Gasteiger partial charge < -0.3 is 21.1 Å². The largest absolute Gasteiger partial charge is 0.390 e. The van der Waals surface area contributed by atoms with Gasteiger partial charge in [0, 0.05) is 45.3 Å². The Morgan fingerprint density at radius 3 is 2.75 bits per heavy atom. The van der Waals surface area contributed by atoms with Gasteiger partial charge in [-0.3, -0.25) is 14.7 Å². The summed E-state index contributed by atoms with van der Waals surface area (Å²) >= 11 is 0. The number of benzene rings is 2. The highest BCUT2D eigenvalue weighted by molar-refractivity contribution is 5.94. The van der Waals surface area contributed by atoms with Crippen molar-refractivity contribution in [3.05, 3.63) is 70.8 Å². The number of rotatable bonds is 9. The summed E-state index contributed by atoms with van der Waals surface area (Å²) in [6.45, 7) is 6.25. The second kappa shape index (κ2) is 12.2. The summed E-state index contributed by atoms with van der Waals surface area (Å²) in [5.41, 5.74) is 4.51. The summed E-state index contributed by atoms with van der Waals surface area (Å²) in [6, 6.07) is 16.2. The smallest absolute Gasteiger partial charge is 0.251 e. The number of amides is 1. The Hall–Kier alpha value is -2.90. The lowest BCUT2D eigenvalue weighted by Crippen LogP contribution is -2.40. The maximum Gasteiger partial charge on any atom is 0.251 e. The van der Waals surface area contributed by atoms with Gasteiger partial charge in [-0.25, -0.2) is 0 Å². The van der Waals surface area contributed by atoms with E-state index in [2.05, 4.69) is 50.1 Å². The number of hydrogen-bond acceptors (Lipinski definition) is 4. The van der Waals surface area contributed by atoms with Gasteiger partial charge in [-0.15, -0.1) is 0 Å². The van der Waals surface area contributed by atoms with Gasteiger partial charge in [0.05, 0.1) is 12.6 Å². The molecule has 0 fully saturated rings. The van der Waals surface area contributed by atoms with E-state index in [1.165, 1.54) is 11.1 Å². The van der Waals surface area contributed by atoms with Crippen LogP contribution in [-0.4, -0.2) is 67.7 Å². The second-order valence-corrected chi connectivity index (χ2v) is 8.08. The zero-order valence-corrected chi connectivity index (χ0v) is 19.1. The zero-order valence-electron chi connectivity index (χ0n) is 19.1. The molecule has 4 N–H and O–H groups in total. The van der Waals surface area contributed by atoms with Gasteiger partial charge in [0.15, 0.2) is 5.96 Å². The molecule has 0 saturated heterocycles. The van der Waals surface area contributed by atoms with Crippen molar-refractivity contribution < 1.29 is 9.90 Å². The maximum atomic E-state index is 11.8. The molecule has 0 saturated carbocycles. The Bertz CT molecular complexity index is 915. The molecule has 0 aliphatic carbocycles. The van der Waals surface area contributed by atoms with Crippen molar-refractivity contribution in [2.75, 3.05) is 39.8 Å². The van der Waals surface area contributed by atoms with Crippen LogP contribution in [-0.2, 0) is 19.4 Å². The first kappa shape index (κ1) is 23.8. The average molecular weight is 438 g/mol. The molecule has 7 heteroatoms. The van der Waals surface area contributed by atoms with Crippen LogP contribution in [0.1, 0.15) is 34.0 Å². The van der Waals surface area contributed by atoms with Crippen LogP contribution in [0.15, 0.2) is 53.5 Å². The van der Waals surface area contributed by atoms with Gasteiger partial charge in [-0.2, -0.15) is 0 Å². The summed E-state index contributed by atoms with van der Waals surface area (Å²) in [7, 11) is 1.63. The quantitative estimate of drug-likeness (QED) is 0.353. The number of carbonyl (C=O) groups is 1. The molecule has 0 radical (unpaired) electrons. The maximum absolute atomic E-state index is 11.8. The minimum atomic E-state index is -0.514. The molecule has 3 rings (SSSR count). The molecule has 172 valence electrons. The molecule has 1 atom stereocenters. The third-order valence-electron chi connectivity index (χ3n) is 5.61. The van der Waals surface area contributed by atoms with Crippen LogP contribution in [0.4, 0.5) is 0 Å². The summed E-state index contributed by atoms with van der Waals surface area (Å²) in [5.74, 6) is 0.610. The Balaban J connectivity index is 1.46. The Kier molecular flexibility index (Phi) is 9.07. The summed E-state index contributed by atoms with van der Waals surface area (Å²) in [4.78, 5) is 18.7. The van der Waals surface area contributed by atoms with Crippen LogP contribution in [0.3, 0.4) is 0 Å². The van der Waals surface area contributed by atoms with E-state index in [-0.39, 0.29) is 5.91 Å². The van der Waals surface area contributed by atoms with E-state index in [1.807, 2.05) is 31.2 Å². The second-order valence-electron chi connectivity index (χ2n) is 8.08. The van der Waals surface area contributed by atoms with Gasteiger partial charge in [-0.1, -0.05) is 36.4 Å². The van der Waals surface area contributed by atoms with Gasteiger partial charge in [0.1, 0.15) is 0 Å². The van der Waals surface area contributed by atoms with Crippen molar-refractivity contribution in [2.24, 2.45) is 4.99 Å². The third kappa shape index (κ3) is 7.07. The standard InChI is InChI=1S/C25H35N5O2/c1-3-27-25(28-13-11-19-7-6-10-21(15-19)24(32)26-2)29-16-23(31)18-30-14-12-20-8-4-5-9-22(20)17-30/h4-10,15,23,31H,3,11-14,16-18H2,1-2H3,(H,26,32)(H2,27,28,29). The molecular weight excluding hydrogens is 402 g/mol. The van der Waals surface area contributed by atoms with E-state index in [1.54, 1.807) is 7.05 Å². The van der Waals surface area contributed by atoms with Crippen molar-refractivity contribution in [2.45, 2.75) is 32.4 Å². The van der Waals surface area contributed by atoms with Gasteiger partial charge in [-0.05, 0) is 48.6 Å².